The van der Waals surface area contributed by atoms with Gasteiger partial charge in [-0.05, 0) is 54.8 Å². The van der Waals surface area contributed by atoms with E-state index in [-0.39, 0.29) is 0 Å². The van der Waals surface area contributed by atoms with Gasteiger partial charge in [-0.25, -0.2) is 0 Å². The van der Waals surface area contributed by atoms with Crippen LogP contribution in [0.2, 0.25) is 10.0 Å². The summed E-state index contributed by atoms with van der Waals surface area (Å²) >= 11 is 15.4. The molecule has 0 amide bonds. The van der Waals surface area contributed by atoms with Crippen LogP contribution >= 0.6 is 39.1 Å². The highest BCUT2D eigenvalue weighted by molar-refractivity contribution is 9.10. The van der Waals surface area contributed by atoms with E-state index in [1.807, 2.05) is 38.1 Å². The van der Waals surface area contributed by atoms with Gasteiger partial charge in [-0.15, -0.1) is 0 Å². The summed E-state index contributed by atoms with van der Waals surface area (Å²) in [5.41, 5.74) is 3.31. The predicted octanol–water partition coefficient (Wildman–Crippen LogP) is 5.95. The zero-order chi connectivity index (χ0) is 14.0. The van der Waals surface area contributed by atoms with Gasteiger partial charge >= 0.3 is 0 Å². The van der Waals surface area contributed by atoms with Crippen LogP contribution in [0, 0.1) is 13.8 Å². The van der Waals surface area contributed by atoms with Gasteiger partial charge in [-0.3, -0.25) is 0 Å². The van der Waals surface area contributed by atoms with E-state index in [0.29, 0.717) is 16.7 Å². The molecule has 0 radical (unpaired) electrons. The van der Waals surface area contributed by atoms with Gasteiger partial charge in [0, 0.05) is 4.47 Å². The van der Waals surface area contributed by atoms with Crippen LogP contribution in [0.5, 0.6) is 5.75 Å². The molecule has 0 bridgehead atoms. The molecule has 0 unspecified atom stereocenters. The molecule has 0 aliphatic heterocycles. The summed E-state index contributed by atoms with van der Waals surface area (Å²) in [4.78, 5) is 0. The Morgan fingerprint density at radius 3 is 2.21 bits per heavy atom. The van der Waals surface area contributed by atoms with Crippen molar-refractivity contribution in [3.8, 4) is 5.75 Å². The van der Waals surface area contributed by atoms with Crippen LogP contribution in [0.15, 0.2) is 34.8 Å². The third-order valence-corrected chi connectivity index (χ3v) is 4.79. The normalized spacial score (nSPS) is 10.6. The highest BCUT2D eigenvalue weighted by atomic mass is 79.9. The summed E-state index contributed by atoms with van der Waals surface area (Å²) in [6.45, 7) is 4.56. The summed E-state index contributed by atoms with van der Waals surface area (Å²) in [6.07, 6.45) is 0. The second kappa shape index (κ2) is 6.17. The van der Waals surface area contributed by atoms with Gasteiger partial charge in [0.25, 0.3) is 0 Å². The highest BCUT2D eigenvalue weighted by Gasteiger charge is 2.04. The van der Waals surface area contributed by atoms with Crippen LogP contribution in [0.25, 0.3) is 0 Å². The lowest BCUT2D eigenvalue weighted by atomic mass is 10.1. The lowest BCUT2D eigenvalue weighted by Gasteiger charge is -2.10. The van der Waals surface area contributed by atoms with E-state index in [1.165, 1.54) is 0 Å². The molecular formula is C15H13BrCl2O. The molecule has 100 valence electrons. The Balaban J connectivity index is 2.12. The average molecular weight is 360 g/mol. The molecule has 0 saturated carbocycles. The van der Waals surface area contributed by atoms with E-state index in [4.69, 9.17) is 27.9 Å². The molecule has 0 aliphatic rings. The molecule has 0 N–H and O–H groups in total. The second-order valence-corrected chi connectivity index (χ2v) is 6.02. The monoisotopic (exact) mass is 358 g/mol. The van der Waals surface area contributed by atoms with E-state index in [9.17, 15) is 0 Å². The molecule has 2 aromatic rings. The molecule has 0 spiro atoms. The van der Waals surface area contributed by atoms with Crippen LogP contribution in [-0.4, -0.2) is 0 Å². The zero-order valence-corrected chi connectivity index (χ0v) is 13.7. The van der Waals surface area contributed by atoms with Crippen molar-refractivity contribution in [2.45, 2.75) is 20.5 Å². The van der Waals surface area contributed by atoms with Crippen LogP contribution in [0.1, 0.15) is 16.7 Å². The van der Waals surface area contributed by atoms with Gasteiger partial charge in [0.05, 0.1) is 10.0 Å². The van der Waals surface area contributed by atoms with Gasteiger partial charge in [0.1, 0.15) is 12.4 Å². The number of halogens is 3. The maximum Gasteiger partial charge on any atom is 0.120 e. The largest absolute Gasteiger partial charge is 0.489 e. The van der Waals surface area contributed by atoms with Crippen molar-refractivity contribution in [1.29, 1.82) is 0 Å². The van der Waals surface area contributed by atoms with Gasteiger partial charge in [-0.2, -0.15) is 0 Å². The topological polar surface area (TPSA) is 9.23 Å². The molecule has 2 rings (SSSR count). The average Bonchev–Trinajstić information content (AvgIpc) is 2.37. The molecule has 19 heavy (non-hydrogen) atoms. The quantitative estimate of drug-likeness (QED) is 0.657. The first-order valence-electron chi connectivity index (χ1n) is 5.81. The van der Waals surface area contributed by atoms with Gasteiger partial charge < -0.3 is 4.74 Å². The molecule has 2 aromatic carbocycles. The minimum atomic E-state index is 0.470. The molecule has 0 aliphatic carbocycles. The van der Waals surface area contributed by atoms with E-state index in [2.05, 4.69) is 15.9 Å². The van der Waals surface area contributed by atoms with Gasteiger partial charge in [0.15, 0.2) is 0 Å². The number of aryl methyl sites for hydroxylation is 2. The molecule has 0 saturated heterocycles. The van der Waals surface area contributed by atoms with E-state index in [0.717, 1.165) is 26.9 Å². The molecule has 0 heterocycles. The maximum atomic E-state index is 5.97. The molecule has 1 nitrogen and oxygen atoms in total. The fourth-order valence-electron chi connectivity index (χ4n) is 1.79. The third-order valence-electron chi connectivity index (χ3n) is 2.80. The van der Waals surface area contributed by atoms with Crippen molar-refractivity contribution in [3.05, 3.63) is 61.5 Å². The molecule has 0 aromatic heterocycles. The number of hydrogen-bond acceptors (Lipinski definition) is 1. The van der Waals surface area contributed by atoms with Crippen molar-refractivity contribution >= 4 is 39.1 Å². The fourth-order valence-corrected chi connectivity index (χ4v) is 2.34. The molecule has 4 heteroatoms. The SMILES string of the molecule is Cc1cc(OCc2ccc(Cl)c(Cl)c2)cc(C)c1Br. The number of benzene rings is 2. The van der Waals surface area contributed by atoms with Crippen molar-refractivity contribution in [1.82, 2.24) is 0 Å². The second-order valence-electron chi connectivity index (χ2n) is 4.41. The van der Waals surface area contributed by atoms with Crippen molar-refractivity contribution < 1.29 is 4.74 Å². The summed E-state index contributed by atoms with van der Waals surface area (Å²) in [6, 6.07) is 9.53. The van der Waals surface area contributed by atoms with Gasteiger partial charge in [-0.1, -0.05) is 45.2 Å². The fraction of sp³-hybridized carbons (Fsp3) is 0.200. The molecule has 0 atom stereocenters. The Labute approximate surface area is 131 Å². The van der Waals surface area contributed by atoms with Crippen molar-refractivity contribution in [2.75, 3.05) is 0 Å². The summed E-state index contributed by atoms with van der Waals surface area (Å²) in [5.74, 6) is 0.851. The summed E-state index contributed by atoms with van der Waals surface area (Å²) < 4.78 is 6.90. The Morgan fingerprint density at radius 1 is 1.00 bits per heavy atom. The molecule has 0 fully saturated rings. The summed E-state index contributed by atoms with van der Waals surface area (Å²) in [5, 5.41) is 1.10. The predicted molar refractivity (Wildman–Crippen MR) is 84.4 cm³/mol. The lowest BCUT2D eigenvalue weighted by Crippen LogP contribution is -1.96. The maximum absolute atomic E-state index is 5.97. The third kappa shape index (κ3) is 3.65. The van der Waals surface area contributed by atoms with Crippen LogP contribution in [-0.2, 0) is 6.61 Å². The lowest BCUT2D eigenvalue weighted by molar-refractivity contribution is 0.306. The number of hydrogen-bond donors (Lipinski definition) is 0. The zero-order valence-electron chi connectivity index (χ0n) is 10.6. The Kier molecular flexibility index (Phi) is 4.77. The summed E-state index contributed by atoms with van der Waals surface area (Å²) in [7, 11) is 0. The van der Waals surface area contributed by atoms with Crippen LogP contribution in [0.4, 0.5) is 0 Å². The first-order valence-corrected chi connectivity index (χ1v) is 7.35. The van der Waals surface area contributed by atoms with Crippen molar-refractivity contribution in [2.24, 2.45) is 0 Å². The van der Waals surface area contributed by atoms with Crippen LogP contribution in [0.3, 0.4) is 0 Å². The Hall–Kier alpha value is -0.700. The van der Waals surface area contributed by atoms with E-state index >= 15 is 0 Å². The van der Waals surface area contributed by atoms with Crippen LogP contribution < -0.4 is 4.74 Å². The minimum Gasteiger partial charge on any atom is -0.489 e. The van der Waals surface area contributed by atoms with E-state index in [1.54, 1.807) is 6.07 Å². The first-order chi connectivity index (χ1) is 8.97. The molecular weight excluding hydrogens is 347 g/mol. The Morgan fingerprint density at radius 2 is 1.63 bits per heavy atom. The number of ether oxygens (including phenoxy) is 1. The first kappa shape index (κ1) is 14.7. The Bertz CT molecular complexity index is 588. The smallest absolute Gasteiger partial charge is 0.120 e. The number of rotatable bonds is 3. The standard InChI is InChI=1S/C15H13BrCl2O/c1-9-5-12(6-10(2)15(9)16)19-8-11-3-4-13(17)14(18)7-11/h3-7H,8H2,1-2H3. The highest BCUT2D eigenvalue weighted by Crippen LogP contribution is 2.27. The minimum absolute atomic E-state index is 0.470. The van der Waals surface area contributed by atoms with E-state index < -0.39 is 0 Å². The van der Waals surface area contributed by atoms with Crippen molar-refractivity contribution in [3.63, 3.8) is 0 Å². The van der Waals surface area contributed by atoms with Gasteiger partial charge in [0.2, 0.25) is 0 Å².